The van der Waals surface area contributed by atoms with Crippen molar-refractivity contribution in [2.45, 2.75) is 44.9 Å². The molecule has 16 heavy (non-hydrogen) atoms. The minimum Gasteiger partial charge on any atom is -0.299 e. The monoisotopic (exact) mass is 220 g/mol. The van der Waals surface area contributed by atoms with Gasteiger partial charge in [0.2, 0.25) is 0 Å². The van der Waals surface area contributed by atoms with Crippen LogP contribution in [0.15, 0.2) is 12.7 Å². The van der Waals surface area contributed by atoms with Crippen molar-refractivity contribution in [2.24, 2.45) is 17.8 Å². The molecule has 0 spiro atoms. The first-order chi connectivity index (χ1) is 7.74. The molecule has 88 valence electrons. The molecule has 2 aliphatic rings. The van der Waals surface area contributed by atoms with E-state index < -0.39 is 0 Å². The third-order valence-corrected chi connectivity index (χ3v) is 4.18. The lowest BCUT2D eigenvalue weighted by Gasteiger charge is -2.28. The van der Waals surface area contributed by atoms with E-state index in [-0.39, 0.29) is 11.8 Å². The predicted molar refractivity (Wildman–Crippen MR) is 63.0 cm³/mol. The molecule has 2 fully saturated rings. The number of rotatable bonds is 2. The highest BCUT2D eigenvalue weighted by Crippen LogP contribution is 2.42. The molecular weight excluding hydrogens is 200 g/mol. The molecule has 0 unspecified atom stereocenters. The SMILES string of the molecule is C=CC[C@H]1C(=O)CCCC(=O)[C@@H]2CCC[C@H]12. The molecule has 0 amide bonds. The van der Waals surface area contributed by atoms with E-state index in [2.05, 4.69) is 6.58 Å². The predicted octanol–water partition coefficient (Wildman–Crippen LogP) is 2.92. The van der Waals surface area contributed by atoms with Crippen LogP contribution in [0.2, 0.25) is 0 Å². The molecule has 0 aromatic carbocycles. The van der Waals surface area contributed by atoms with Crippen LogP contribution in [-0.4, -0.2) is 11.6 Å². The lowest BCUT2D eigenvalue weighted by molar-refractivity contribution is -0.130. The van der Waals surface area contributed by atoms with E-state index >= 15 is 0 Å². The second kappa shape index (κ2) is 4.94. The smallest absolute Gasteiger partial charge is 0.136 e. The van der Waals surface area contributed by atoms with Gasteiger partial charge in [-0.25, -0.2) is 0 Å². The van der Waals surface area contributed by atoms with Gasteiger partial charge in [0.1, 0.15) is 11.6 Å². The van der Waals surface area contributed by atoms with E-state index in [0.717, 1.165) is 32.1 Å². The van der Waals surface area contributed by atoms with Crippen molar-refractivity contribution < 1.29 is 9.59 Å². The minimum absolute atomic E-state index is 0.0780. The number of ketones is 2. The average Bonchev–Trinajstić information content (AvgIpc) is 2.72. The van der Waals surface area contributed by atoms with Crippen molar-refractivity contribution in [3.05, 3.63) is 12.7 Å². The Morgan fingerprint density at radius 1 is 1.12 bits per heavy atom. The zero-order chi connectivity index (χ0) is 11.5. The summed E-state index contributed by atoms with van der Waals surface area (Å²) in [5.74, 6) is 1.34. The summed E-state index contributed by atoms with van der Waals surface area (Å²) in [6.07, 6.45) is 7.74. The molecule has 2 aliphatic carbocycles. The average molecular weight is 220 g/mol. The maximum atomic E-state index is 12.0. The number of hydrogen-bond acceptors (Lipinski definition) is 2. The van der Waals surface area contributed by atoms with E-state index in [1.165, 1.54) is 0 Å². The number of carbonyl (C=O) groups is 2. The molecule has 2 nitrogen and oxygen atoms in total. The summed E-state index contributed by atoms with van der Waals surface area (Å²) in [6.45, 7) is 3.74. The Morgan fingerprint density at radius 2 is 1.88 bits per heavy atom. The summed E-state index contributed by atoms with van der Waals surface area (Å²) >= 11 is 0. The first kappa shape index (κ1) is 11.6. The summed E-state index contributed by atoms with van der Waals surface area (Å²) in [5, 5.41) is 0. The van der Waals surface area contributed by atoms with Crippen LogP contribution in [0.25, 0.3) is 0 Å². The maximum absolute atomic E-state index is 12.0. The van der Waals surface area contributed by atoms with Gasteiger partial charge in [-0.15, -0.1) is 6.58 Å². The lowest BCUT2D eigenvalue weighted by Crippen LogP contribution is -2.32. The highest BCUT2D eigenvalue weighted by Gasteiger charge is 2.40. The Kier molecular flexibility index (Phi) is 3.57. The van der Waals surface area contributed by atoms with Gasteiger partial charge >= 0.3 is 0 Å². The van der Waals surface area contributed by atoms with E-state index in [1.54, 1.807) is 0 Å². The molecule has 2 heteroatoms. The van der Waals surface area contributed by atoms with Gasteiger partial charge in [0.15, 0.2) is 0 Å². The van der Waals surface area contributed by atoms with Gasteiger partial charge in [0.05, 0.1) is 0 Å². The zero-order valence-electron chi connectivity index (χ0n) is 9.78. The van der Waals surface area contributed by atoms with Crippen LogP contribution in [-0.2, 0) is 9.59 Å². The molecule has 0 radical (unpaired) electrons. The van der Waals surface area contributed by atoms with Gasteiger partial charge in [-0.2, -0.15) is 0 Å². The molecule has 0 bridgehead atoms. The van der Waals surface area contributed by atoms with Crippen molar-refractivity contribution in [3.8, 4) is 0 Å². The topological polar surface area (TPSA) is 34.1 Å². The summed E-state index contributed by atoms with van der Waals surface area (Å²) in [5.41, 5.74) is 0. The van der Waals surface area contributed by atoms with Gasteiger partial charge in [-0.05, 0) is 31.6 Å². The van der Waals surface area contributed by atoms with Gasteiger partial charge < -0.3 is 0 Å². The van der Waals surface area contributed by atoms with Gasteiger partial charge in [0, 0.05) is 24.7 Å². The number of carbonyl (C=O) groups excluding carboxylic acids is 2. The molecular formula is C14H20O2. The number of allylic oxidation sites excluding steroid dienone is 1. The molecule has 0 heterocycles. The summed E-state index contributed by atoms with van der Waals surface area (Å²) in [6, 6.07) is 0. The van der Waals surface area contributed by atoms with Crippen LogP contribution in [0, 0.1) is 17.8 Å². The minimum atomic E-state index is 0.0780. The number of hydrogen-bond donors (Lipinski definition) is 0. The number of fused-ring (bicyclic) bond motifs is 1. The summed E-state index contributed by atoms with van der Waals surface area (Å²) < 4.78 is 0. The second-order valence-corrected chi connectivity index (χ2v) is 5.12. The third-order valence-electron chi connectivity index (χ3n) is 4.18. The molecule has 0 N–H and O–H groups in total. The van der Waals surface area contributed by atoms with Crippen molar-refractivity contribution in [2.75, 3.05) is 0 Å². The van der Waals surface area contributed by atoms with E-state index in [9.17, 15) is 9.59 Å². The normalized spacial score (nSPS) is 35.4. The lowest BCUT2D eigenvalue weighted by atomic mass is 9.74. The Labute approximate surface area is 97.1 Å². The standard InChI is InChI=1S/C14H20O2/c1-2-5-11-10-6-3-7-12(10)14(16)9-4-8-13(11)15/h2,10-12H,1,3-9H2/t10-,11-,12-/m1/s1. The van der Waals surface area contributed by atoms with Gasteiger partial charge in [-0.1, -0.05) is 12.5 Å². The summed E-state index contributed by atoms with van der Waals surface area (Å²) in [7, 11) is 0. The van der Waals surface area contributed by atoms with E-state index in [4.69, 9.17) is 0 Å². The van der Waals surface area contributed by atoms with E-state index in [1.807, 2.05) is 6.08 Å². The first-order valence-corrected chi connectivity index (χ1v) is 6.40. The number of Topliss-reactive ketones (excluding diaryl/α,β-unsaturated/α-hetero) is 2. The molecule has 0 aliphatic heterocycles. The van der Waals surface area contributed by atoms with Crippen LogP contribution in [0.3, 0.4) is 0 Å². The first-order valence-electron chi connectivity index (χ1n) is 6.40. The van der Waals surface area contributed by atoms with Crippen LogP contribution in [0.1, 0.15) is 44.9 Å². The third kappa shape index (κ3) is 2.11. The van der Waals surface area contributed by atoms with Crippen LogP contribution in [0.4, 0.5) is 0 Å². The Balaban J connectivity index is 2.21. The largest absolute Gasteiger partial charge is 0.299 e. The quantitative estimate of drug-likeness (QED) is 0.670. The van der Waals surface area contributed by atoms with Crippen LogP contribution >= 0.6 is 0 Å². The fraction of sp³-hybridized carbons (Fsp3) is 0.714. The van der Waals surface area contributed by atoms with Crippen molar-refractivity contribution in [3.63, 3.8) is 0 Å². The molecule has 2 rings (SSSR count). The van der Waals surface area contributed by atoms with E-state index in [0.29, 0.717) is 30.3 Å². The highest BCUT2D eigenvalue weighted by molar-refractivity contribution is 5.87. The summed E-state index contributed by atoms with van der Waals surface area (Å²) in [4.78, 5) is 24.0. The highest BCUT2D eigenvalue weighted by atomic mass is 16.1. The van der Waals surface area contributed by atoms with Crippen LogP contribution < -0.4 is 0 Å². The fourth-order valence-electron chi connectivity index (χ4n) is 3.40. The van der Waals surface area contributed by atoms with Gasteiger partial charge in [0.25, 0.3) is 0 Å². The van der Waals surface area contributed by atoms with Crippen molar-refractivity contribution >= 4 is 11.6 Å². The Morgan fingerprint density at radius 3 is 2.62 bits per heavy atom. The molecule has 2 saturated carbocycles. The molecule has 3 atom stereocenters. The molecule has 0 saturated heterocycles. The molecule has 0 aromatic heterocycles. The Hall–Kier alpha value is -0.920. The second-order valence-electron chi connectivity index (χ2n) is 5.12. The maximum Gasteiger partial charge on any atom is 0.136 e. The molecule has 0 aromatic rings. The van der Waals surface area contributed by atoms with Gasteiger partial charge in [-0.3, -0.25) is 9.59 Å². The van der Waals surface area contributed by atoms with Crippen molar-refractivity contribution in [1.82, 2.24) is 0 Å². The van der Waals surface area contributed by atoms with Crippen molar-refractivity contribution in [1.29, 1.82) is 0 Å². The van der Waals surface area contributed by atoms with Crippen LogP contribution in [0.5, 0.6) is 0 Å². The fourth-order valence-corrected chi connectivity index (χ4v) is 3.40. The zero-order valence-corrected chi connectivity index (χ0v) is 9.78. The Bertz CT molecular complexity index is 306.